The summed E-state index contributed by atoms with van der Waals surface area (Å²) in [5, 5.41) is 0. The van der Waals surface area contributed by atoms with E-state index in [2.05, 4.69) is 46.2 Å². The van der Waals surface area contributed by atoms with Gasteiger partial charge in [0.2, 0.25) is 11.8 Å². The maximum atomic E-state index is 12.7. The third kappa shape index (κ3) is 4.93. The van der Waals surface area contributed by atoms with Gasteiger partial charge >= 0.3 is 0 Å². The topological polar surface area (TPSA) is 96.9 Å². The van der Waals surface area contributed by atoms with Crippen LogP contribution < -0.4 is 10.5 Å². The van der Waals surface area contributed by atoms with Gasteiger partial charge in [-0.1, -0.05) is 29.8 Å². The lowest BCUT2D eigenvalue weighted by atomic mass is 9.81. The van der Waals surface area contributed by atoms with Crippen molar-refractivity contribution in [2.75, 3.05) is 39.0 Å². The number of ether oxygens (including phenoxy) is 1. The monoisotopic (exact) mass is 474 g/mol. The number of anilines is 1. The molecule has 184 valence electrons. The highest BCUT2D eigenvalue weighted by Gasteiger charge is 2.35. The quantitative estimate of drug-likeness (QED) is 0.681. The van der Waals surface area contributed by atoms with Gasteiger partial charge in [-0.15, -0.1) is 0 Å². The molecule has 2 aromatic rings. The van der Waals surface area contributed by atoms with E-state index in [0.29, 0.717) is 23.3 Å². The minimum atomic E-state index is -0.629. The second-order valence-electron chi connectivity index (χ2n) is 10.3. The molecule has 5 rings (SSSR count). The van der Waals surface area contributed by atoms with Crippen molar-refractivity contribution >= 4 is 23.1 Å². The average Bonchev–Trinajstić information content (AvgIpc) is 2.84. The minimum absolute atomic E-state index is 0.182. The number of nitrogens with zero attached hydrogens (tertiary/aromatic N) is 5. The number of carbonyl (C=O) groups is 1. The highest BCUT2D eigenvalue weighted by atomic mass is 16.5. The molecule has 1 aromatic carbocycles. The molecule has 2 fully saturated rings. The fourth-order valence-corrected chi connectivity index (χ4v) is 5.18. The molecule has 0 atom stereocenters. The standard InChI is InChI=1S/C27H34N6O2/c1-27(2)24(31-23-25(28)29-17-30-26(23)35-27)21-10-8-20(9-11-21)19-6-4-18(5-7-19)16-22(34)33-14-12-32(3)13-15-33/h8-11,16-17,19H,4-7,12-15H2,1-3H3,(H2,28,29,30). The van der Waals surface area contributed by atoms with Gasteiger partial charge in [0.15, 0.2) is 11.5 Å². The number of nitrogen functional groups attached to an aromatic ring is 1. The van der Waals surface area contributed by atoms with E-state index >= 15 is 0 Å². The Morgan fingerprint density at radius 1 is 1.09 bits per heavy atom. The van der Waals surface area contributed by atoms with Gasteiger partial charge in [0, 0.05) is 37.8 Å². The summed E-state index contributed by atoms with van der Waals surface area (Å²) in [6, 6.07) is 8.63. The Labute approximate surface area is 206 Å². The molecule has 35 heavy (non-hydrogen) atoms. The number of nitrogens with two attached hydrogens (primary N) is 1. The van der Waals surface area contributed by atoms with Crippen LogP contribution in [0.5, 0.6) is 5.88 Å². The molecule has 8 nitrogen and oxygen atoms in total. The molecule has 8 heteroatoms. The molecule has 1 saturated heterocycles. The third-order valence-electron chi connectivity index (χ3n) is 7.39. The van der Waals surface area contributed by atoms with Crippen LogP contribution in [0.15, 0.2) is 47.2 Å². The summed E-state index contributed by atoms with van der Waals surface area (Å²) in [5.74, 6) is 1.42. The summed E-state index contributed by atoms with van der Waals surface area (Å²) in [7, 11) is 2.11. The van der Waals surface area contributed by atoms with Crippen molar-refractivity contribution in [3.8, 4) is 5.88 Å². The molecular weight excluding hydrogens is 440 g/mol. The number of likely N-dealkylation sites (N-methyl/N-ethyl adjacent to an activating group) is 1. The van der Waals surface area contributed by atoms with Crippen LogP contribution in [0.2, 0.25) is 0 Å². The number of piperazine rings is 1. The van der Waals surface area contributed by atoms with Gasteiger partial charge in [-0.2, -0.15) is 4.98 Å². The van der Waals surface area contributed by atoms with Crippen molar-refractivity contribution in [1.29, 1.82) is 0 Å². The highest BCUT2D eigenvalue weighted by molar-refractivity contribution is 6.09. The summed E-state index contributed by atoms with van der Waals surface area (Å²) in [6.45, 7) is 7.53. The Morgan fingerprint density at radius 2 is 1.77 bits per heavy atom. The van der Waals surface area contributed by atoms with Crippen LogP contribution in [-0.4, -0.2) is 70.2 Å². The number of hydrogen-bond donors (Lipinski definition) is 1. The normalized spacial score (nSPS) is 22.1. The maximum Gasteiger partial charge on any atom is 0.246 e. The van der Waals surface area contributed by atoms with Gasteiger partial charge in [-0.3, -0.25) is 4.79 Å². The first kappa shape index (κ1) is 23.5. The Hall–Kier alpha value is -3.26. The van der Waals surface area contributed by atoms with E-state index in [-0.39, 0.29) is 5.91 Å². The zero-order valence-corrected chi connectivity index (χ0v) is 20.8. The number of hydrogen-bond acceptors (Lipinski definition) is 7. The van der Waals surface area contributed by atoms with Gasteiger partial charge in [0.05, 0.1) is 5.71 Å². The Kier molecular flexibility index (Phi) is 6.32. The predicted octanol–water partition coefficient (Wildman–Crippen LogP) is 3.71. The number of allylic oxidation sites excluding steroid dienone is 1. The molecule has 1 amide bonds. The van der Waals surface area contributed by atoms with Crippen LogP contribution in [0.1, 0.15) is 56.6 Å². The molecule has 0 unspecified atom stereocenters. The van der Waals surface area contributed by atoms with E-state index in [1.54, 1.807) is 0 Å². The molecule has 0 radical (unpaired) electrons. The summed E-state index contributed by atoms with van der Waals surface area (Å²) in [4.78, 5) is 29.9. The summed E-state index contributed by atoms with van der Waals surface area (Å²) in [6.07, 6.45) is 7.40. The highest BCUT2D eigenvalue weighted by Crippen LogP contribution is 2.40. The molecule has 1 aliphatic carbocycles. The van der Waals surface area contributed by atoms with Gasteiger partial charge in [-0.05, 0) is 58.1 Å². The number of aliphatic imine (C=N–C) groups is 1. The van der Waals surface area contributed by atoms with Crippen LogP contribution in [0, 0.1) is 0 Å². The first-order chi connectivity index (χ1) is 16.8. The Bertz CT molecular complexity index is 1150. The number of aromatic nitrogens is 2. The van der Waals surface area contributed by atoms with E-state index in [4.69, 9.17) is 15.5 Å². The number of benzene rings is 1. The van der Waals surface area contributed by atoms with E-state index in [9.17, 15) is 4.79 Å². The first-order valence-electron chi connectivity index (χ1n) is 12.5. The van der Waals surface area contributed by atoms with Crippen LogP contribution in [0.3, 0.4) is 0 Å². The average molecular weight is 475 g/mol. The molecule has 0 spiro atoms. The lowest BCUT2D eigenvalue weighted by Crippen LogP contribution is -2.46. The van der Waals surface area contributed by atoms with Gasteiger partial charge in [0.25, 0.3) is 0 Å². The lowest BCUT2D eigenvalue weighted by molar-refractivity contribution is -0.127. The van der Waals surface area contributed by atoms with Gasteiger partial charge in [0.1, 0.15) is 11.9 Å². The number of amides is 1. The van der Waals surface area contributed by atoms with Crippen molar-refractivity contribution < 1.29 is 9.53 Å². The number of fused-ring (bicyclic) bond motifs is 1. The van der Waals surface area contributed by atoms with Gasteiger partial charge in [-0.25, -0.2) is 9.98 Å². The molecule has 1 saturated carbocycles. The van der Waals surface area contributed by atoms with Crippen molar-refractivity contribution in [2.45, 2.75) is 51.0 Å². The van der Waals surface area contributed by atoms with Crippen molar-refractivity contribution in [2.24, 2.45) is 4.99 Å². The van der Waals surface area contributed by atoms with Gasteiger partial charge < -0.3 is 20.3 Å². The number of carbonyl (C=O) groups excluding carboxylic acids is 1. The molecule has 3 aliphatic rings. The van der Waals surface area contributed by atoms with Crippen LogP contribution in [-0.2, 0) is 4.79 Å². The second kappa shape index (κ2) is 9.41. The van der Waals surface area contributed by atoms with E-state index in [1.165, 1.54) is 17.5 Å². The Balaban J connectivity index is 1.25. The first-order valence-corrected chi connectivity index (χ1v) is 12.5. The van der Waals surface area contributed by atoms with Crippen molar-refractivity contribution in [3.63, 3.8) is 0 Å². The molecular formula is C27H34N6O2. The second-order valence-corrected chi connectivity index (χ2v) is 10.3. The maximum absolute atomic E-state index is 12.7. The molecule has 1 aromatic heterocycles. The summed E-state index contributed by atoms with van der Waals surface area (Å²) < 4.78 is 6.10. The fraction of sp³-hybridized carbons (Fsp3) is 0.481. The molecule has 2 N–H and O–H groups in total. The minimum Gasteiger partial charge on any atom is -0.463 e. The summed E-state index contributed by atoms with van der Waals surface area (Å²) >= 11 is 0. The predicted molar refractivity (Wildman–Crippen MR) is 137 cm³/mol. The zero-order chi connectivity index (χ0) is 24.6. The molecule has 2 aliphatic heterocycles. The van der Waals surface area contributed by atoms with Crippen LogP contribution >= 0.6 is 0 Å². The molecule has 0 bridgehead atoms. The van der Waals surface area contributed by atoms with Crippen LogP contribution in [0.25, 0.3) is 0 Å². The fourth-order valence-electron chi connectivity index (χ4n) is 5.18. The lowest BCUT2D eigenvalue weighted by Gasteiger charge is -2.32. The third-order valence-corrected chi connectivity index (χ3v) is 7.39. The van der Waals surface area contributed by atoms with Crippen molar-refractivity contribution in [1.82, 2.24) is 19.8 Å². The molecule has 3 heterocycles. The summed E-state index contributed by atoms with van der Waals surface area (Å²) in [5.41, 5.74) is 10.3. The smallest absolute Gasteiger partial charge is 0.246 e. The Morgan fingerprint density at radius 3 is 2.46 bits per heavy atom. The van der Waals surface area contributed by atoms with E-state index in [1.807, 2.05) is 24.8 Å². The van der Waals surface area contributed by atoms with E-state index in [0.717, 1.165) is 63.1 Å². The largest absolute Gasteiger partial charge is 0.463 e. The SMILES string of the molecule is CN1CCN(C(=O)C=C2CCC(c3ccc(C4=Nc5c(N)ncnc5OC4(C)C)cc3)CC2)CC1. The number of rotatable bonds is 3. The van der Waals surface area contributed by atoms with Crippen LogP contribution in [0.4, 0.5) is 11.5 Å². The van der Waals surface area contributed by atoms with E-state index < -0.39 is 5.60 Å². The zero-order valence-electron chi connectivity index (χ0n) is 20.8. The van der Waals surface area contributed by atoms with Crippen molar-refractivity contribution in [3.05, 3.63) is 53.4 Å².